The van der Waals surface area contributed by atoms with Crippen LogP contribution >= 0.6 is 12.4 Å². The van der Waals surface area contributed by atoms with E-state index >= 15 is 0 Å². The molecule has 3 N–H and O–H groups in total. The Labute approximate surface area is 123 Å². The van der Waals surface area contributed by atoms with Crippen molar-refractivity contribution in [3.63, 3.8) is 0 Å². The number of aliphatic hydroxyl groups excluding tert-OH is 1. The zero-order valence-electron chi connectivity index (χ0n) is 11.3. The van der Waals surface area contributed by atoms with Crippen LogP contribution in [0.2, 0.25) is 0 Å². The Hall–Kier alpha value is -1.50. The first-order valence-electron chi connectivity index (χ1n) is 6.44. The summed E-state index contributed by atoms with van der Waals surface area (Å²) in [6.45, 7) is 3.43. The lowest BCUT2D eigenvalue weighted by molar-refractivity contribution is 0.0280. The van der Waals surface area contributed by atoms with Gasteiger partial charge in [0.1, 0.15) is 18.2 Å². The van der Waals surface area contributed by atoms with Crippen LogP contribution in [0.5, 0.6) is 0 Å². The topological polar surface area (TPSA) is 79.3 Å². The Morgan fingerprint density at radius 1 is 1.45 bits per heavy atom. The van der Waals surface area contributed by atoms with Gasteiger partial charge in [0.25, 0.3) is 0 Å². The summed E-state index contributed by atoms with van der Waals surface area (Å²) in [6, 6.07) is 7.26. The quantitative estimate of drug-likeness (QED) is 0.652. The van der Waals surface area contributed by atoms with Crippen molar-refractivity contribution in [3.8, 4) is 0 Å². The van der Waals surface area contributed by atoms with E-state index in [2.05, 4.69) is 17.2 Å². The van der Waals surface area contributed by atoms with Gasteiger partial charge in [-0.1, -0.05) is 19.1 Å². The number of hydrogen-bond donors (Lipinski definition) is 3. The minimum atomic E-state index is -0.646. The molecule has 0 saturated carbocycles. The molecule has 2 aromatic rings. The minimum Gasteiger partial charge on any atom is -0.406 e. The van der Waals surface area contributed by atoms with Gasteiger partial charge < -0.3 is 20.2 Å². The number of imidazole rings is 1. The van der Waals surface area contributed by atoms with Crippen LogP contribution in [-0.2, 0) is 0 Å². The predicted octanol–water partition coefficient (Wildman–Crippen LogP) is 0.541. The fraction of sp³-hybridized carbons (Fsp3) is 0.462. The molecule has 0 amide bonds. The highest BCUT2D eigenvalue weighted by molar-refractivity contribution is 5.85. The molecule has 0 saturated heterocycles. The number of para-hydroxylation sites is 2. The SMILES string of the molecule is CCCNCC(O)COn1c(=O)[nH]c2ccccc21.Cl. The molecule has 1 unspecified atom stereocenters. The van der Waals surface area contributed by atoms with E-state index in [9.17, 15) is 9.90 Å². The Kier molecular flexibility index (Phi) is 6.57. The smallest absolute Gasteiger partial charge is 0.359 e. The first kappa shape index (κ1) is 16.6. The number of benzene rings is 1. The predicted molar refractivity (Wildman–Crippen MR) is 80.4 cm³/mol. The van der Waals surface area contributed by atoms with Crippen LogP contribution in [0.15, 0.2) is 29.1 Å². The summed E-state index contributed by atoms with van der Waals surface area (Å²) < 4.78 is 1.18. The van der Waals surface area contributed by atoms with E-state index in [1.165, 1.54) is 4.73 Å². The maximum Gasteiger partial charge on any atom is 0.359 e. The van der Waals surface area contributed by atoms with Gasteiger partial charge in [0.15, 0.2) is 0 Å². The molecule has 112 valence electrons. The molecule has 6 nitrogen and oxygen atoms in total. The van der Waals surface area contributed by atoms with E-state index < -0.39 is 6.10 Å². The van der Waals surface area contributed by atoms with E-state index in [4.69, 9.17) is 4.84 Å². The highest BCUT2D eigenvalue weighted by atomic mass is 35.5. The molecule has 1 aromatic carbocycles. The van der Waals surface area contributed by atoms with Crippen molar-refractivity contribution in [2.75, 3.05) is 19.7 Å². The summed E-state index contributed by atoms with van der Waals surface area (Å²) in [5.74, 6) is 0. The van der Waals surface area contributed by atoms with Crippen molar-refractivity contribution in [3.05, 3.63) is 34.7 Å². The third-order valence-electron chi connectivity index (χ3n) is 2.75. The molecule has 0 radical (unpaired) electrons. The van der Waals surface area contributed by atoms with E-state index in [1.807, 2.05) is 12.1 Å². The number of aromatic nitrogens is 2. The van der Waals surface area contributed by atoms with Gasteiger partial charge in [-0.25, -0.2) is 4.79 Å². The van der Waals surface area contributed by atoms with Crippen molar-refractivity contribution in [2.24, 2.45) is 0 Å². The van der Waals surface area contributed by atoms with Crippen LogP contribution in [0.1, 0.15) is 13.3 Å². The maximum atomic E-state index is 11.7. The zero-order valence-corrected chi connectivity index (χ0v) is 12.2. The third kappa shape index (κ3) is 4.00. The molecule has 0 aliphatic heterocycles. The third-order valence-corrected chi connectivity index (χ3v) is 2.75. The van der Waals surface area contributed by atoms with Gasteiger partial charge in [-0.2, -0.15) is 0 Å². The molecule has 0 bridgehead atoms. The van der Waals surface area contributed by atoms with E-state index in [0.29, 0.717) is 17.6 Å². The molecule has 2 rings (SSSR count). The Morgan fingerprint density at radius 3 is 2.95 bits per heavy atom. The molecule has 0 aliphatic carbocycles. The summed E-state index contributed by atoms with van der Waals surface area (Å²) in [6.07, 6.45) is 0.363. The molecule has 1 aromatic heterocycles. The number of halogens is 1. The molecule has 0 aliphatic rings. The number of fused-ring (bicyclic) bond motifs is 1. The van der Waals surface area contributed by atoms with Gasteiger partial charge in [-0.15, -0.1) is 17.1 Å². The standard InChI is InChI=1S/C13H19N3O3.ClH/c1-2-7-14-8-10(17)9-19-16-12-6-4-3-5-11(12)15-13(16)18;/h3-6,10,14,17H,2,7-9H2,1H3,(H,15,18);1H. The molecular weight excluding hydrogens is 282 g/mol. The number of aliphatic hydroxyl groups is 1. The summed E-state index contributed by atoms with van der Waals surface area (Å²) in [5, 5.41) is 12.8. The van der Waals surface area contributed by atoms with Crippen LogP contribution in [0.25, 0.3) is 11.0 Å². The van der Waals surface area contributed by atoms with E-state index in [0.717, 1.165) is 13.0 Å². The summed E-state index contributed by atoms with van der Waals surface area (Å²) in [7, 11) is 0. The fourth-order valence-corrected chi connectivity index (χ4v) is 1.82. The first-order chi connectivity index (χ1) is 9.22. The number of aromatic amines is 1. The Bertz CT molecular complexity index is 581. The lowest BCUT2D eigenvalue weighted by atomic mass is 10.3. The van der Waals surface area contributed by atoms with Gasteiger partial charge in [-0.05, 0) is 25.1 Å². The molecule has 0 fully saturated rings. The average molecular weight is 302 g/mol. The highest BCUT2D eigenvalue weighted by Gasteiger charge is 2.09. The second-order valence-corrected chi connectivity index (χ2v) is 4.40. The van der Waals surface area contributed by atoms with Crippen molar-refractivity contribution >= 4 is 23.4 Å². The lowest BCUT2D eigenvalue weighted by Crippen LogP contribution is -2.36. The lowest BCUT2D eigenvalue weighted by Gasteiger charge is -2.12. The first-order valence-corrected chi connectivity index (χ1v) is 6.44. The number of rotatable bonds is 7. The number of hydrogen-bond acceptors (Lipinski definition) is 4. The van der Waals surface area contributed by atoms with Crippen LogP contribution < -0.4 is 15.8 Å². The van der Waals surface area contributed by atoms with Gasteiger partial charge in [0.05, 0.1) is 5.52 Å². The Morgan fingerprint density at radius 2 is 2.20 bits per heavy atom. The average Bonchev–Trinajstić information content (AvgIpc) is 2.72. The second kappa shape index (κ2) is 7.94. The summed E-state index contributed by atoms with van der Waals surface area (Å²) in [4.78, 5) is 19.8. The van der Waals surface area contributed by atoms with Crippen molar-refractivity contribution < 1.29 is 9.94 Å². The number of H-pyrrole nitrogens is 1. The maximum absolute atomic E-state index is 11.7. The van der Waals surface area contributed by atoms with Gasteiger partial charge in [0.2, 0.25) is 0 Å². The monoisotopic (exact) mass is 301 g/mol. The van der Waals surface area contributed by atoms with Crippen LogP contribution in [0.4, 0.5) is 0 Å². The fourth-order valence-electron chi connectivity index (χ4n) is 1.82. The molecule has 1 atom stereocenters. The van der Waals surface area contributed by atoms with E-state index in [-0.39, 0.29) is 24.7 Å². The van der Waals surface area contributed by atoms with Crippen molar-refractivity contribution in [1.82, 2.24) is 15.0 Å². The van der Waals surface area contributed by atoms with Crippen LogP contribution in [-0.4, -0.2) is 40.6 Å². The molecule has 0 spiro atoms. The van der Waals surface area contributed by atoms with Crippen molar-refractivity contribution in [1.29, 1.82) is 0 Å². The molecule has 1 heterocycles. The second-order valence-electron chi connectivity index (χ2n) is 4.40. The van der Waals surface area contributed by atoms with Crippen LogP contribution in [0, 0.1) is 0 Å². The number of nitrogens with zero attached hydrogens (tertiary/aromatic N) is 1. The van der Waals surface area contributed by atoms with Crippen LogP contribution in [0.3, 0.4) is 0 Å². The molecule has 7 heteroatoms. The van der Waals surface area contributed by atoms with E-state index in [1.54, 1.807) is 12.1 Å². The zero-order chi connectivity index (χ0) is 13.7. The summed E-state index contributed by atoms with van der Waals surface area (Å²) >= 11 is 0. The van der Waals surface area contributed by atoms with Gasteiger partial charge in [-0.3, -0.25) is 0 Å². The largest absolute Gasteiger partial charge is 0.406 e. The van der Waals surface area contributed by atoms with Gasteiger partial charge in [0, 0.05) is 6.54 Å². The minimum absolute atomic E-state index is 0. The molecular formula is C13H20ClN3O3. The highest BCUT2D eigenvalue weighted by Crippen LogP contribution is 2.07. The van der Waals surface area contributed by atoms with Crippen molar-refractivity contribution in [2.45, 2.75) is 19.4 Å². The normalized spacial score (nSPS) is 12.1. The molecule has 20 heavy (non-hydrogen) atoms. The summed E-state index contributed by atoms with van der Waals surface area (Å²) in [5.41, 5.74) is 1.04. The van der Waals surface area contributed by atoms with Gasteiger partial charge >= 0.3 is 5.69 Å². The number of nitrogens with one attached hydrogen (secondary N) is 2. The Balaban J connectivity index is 0.00000200.